The van der Waals surface area contributed by atoms with Crippen molar-refractivity contribution in [1.29, 1.82) is 0 Å². The van der Waals surface area contributed by atoms with Crippen molar-refractivity contribution in [3.63, 3.8) is 0 Å². The number of hydrogen-bond donors (Lipinski definition) is 1. The Morgan fingerprint density at radius 1 is 1.05 bits per heavy atom. The molecule has 0 aliphatic heterocycles. The maximum atomic E-state index is 12.1. The average molecular weight is 279 g/mol. The molecule has 0 amide bonds. The summed E-state index contributed by atoms with van der Waals surface area (Å²) in [6, 6.07) is 5.67. The molecule has 0 aromatic heterocycles. The molecule has 0 unspecified atom stereocenters. The van der Waals surface area contributed by atoms with Gasteiger partial charge in [0.15, 0.2) is 11.5 Å². The van der Waals surface area contributed by atoms with E-state index < -0.39 is 6.36 Å². The van der Waals surface area contributed by atoms with Crippen molar-refractivity contribution in [3.8, 4) is 11.5 Å². The third kappa shape index (κ3) is 6.88. The monoisotopic (exact) mass is 279 g/mol. The van der Waals surface area contributed by atoms with Crippen molar-refractivity contribution < 1.29 is 27.4 Å². The number of nitrogens with one attached hydrogen (secondary N) is 1. The van der Waals surface area contributed by atoms with Crippen LogP contribution in [0.1, 0.15) is 0 Å². The van der Waals surface area contributed by atoms with Gasteiger partial charge >= 0.3 is 6.36 Å². The van der Waals surface area contributed by atoms with Gasteiger partial charge < -0.3 is 19.5 Å². The summed E-state index contributed by atoms with van der Waals surface area (Å²) in [5, 5.41) is 3.01. The molecule has 0 bridgehead atoms. The molecule has 19 heavy (non-hydrogen) atoms. The van der Waals surface area contributed by atoms with Gasteiger partial charge in [-0.15, -0.1) is 13.2 Å². The van der Waals surface area contributed by atoms with Crippen LogP contribution in [0.2, 0.25) is 0 Å². The van der Waals surface area contributed by atoms with Gasteiger partial charge in [0.2, 0.25) is 0 Å². The summed E-state index contributed by atoms with van der Waals surface area (Å²) < 4.78 is 50.4. The molecule has 0 saturated heterocycles. The molecule has 0 aliphatic rings. The topological polar surface area (TPSA) is 39.7 Å². The van der Waals surface area contributed by atoms with Crippen molar-refractivity contribution in [2.45, 2.75) is 6.36 Å². The molecule has 1 aromatic rings. The number of halogens is 3. The molecule has 0 radical (unpaired) electrons. The Morgan fingerprint density at radius 3 is 2.32 bits per heavy atom. The van der Waals surface area contributed by atoms with Gasteiger partial charge in [0.05, 0.1) is 6.61 Å². The minimum atomic E-state index is -4.73. The van der Waals surface area contributed by atoms with Crippen LogP contribution in [0, 0.1) is 0 Å². The van der Waals surface area contributed by atoms with E-state index in [9.17, 15) is 13.2 Å². The molecule has 0 aliphatic carbocycles. The minimum Gasteiger partial charge on any atom is -0.488 e. The van der Waals surface area contributed by atoms with Crippen LogP contribution in [0.25, 0.3) is 0 Å². The number of alkyl halides is 3. The Balaban J connectivity index is 2.40. The summed E-state index contributed by atoms with van der Waals surface area (Å²) >= 11 is 0. The first-order valence-corrected chi connectivity index (χ1v) is 5.70. The summed E-state index contributed by atoms with van der Waals surface area (Å²) in [4.78, 5) is 0. The van der Waals surface area contributed by atoms with Gasteiger partial charge in [0.1, 0.15) is 6.61 Å². The highest BCUT2D eigenvalue weighted by atomic mass is 19.4. The van der Waals surface area contributed by atoms with Crippen LogP contribution in [0.4, 0.5) is 13.2 Å². The zero-order valence-corrected chi connectivity index (χ0v) is 10.5. The number of methoxy groups -OCH3 is 1. The Hall–Kier alpha value is -1.47. The van der Waals surface area contributed by atoms with E-state index in [1.807, 2.05) is 0 Å². The van der Waals surface area contributed by atoms with Crippen molar-refractivity contribution in [2.24, 2.45) is 0 Å². The maximum absolute atomic E-state index is 12.1. The van der Waals surface area contributed by atoms with E-state index in [1.54, 1.807) is 13.2 Å². The fraction of sp³-hybridized carbons (Fsp3) is 0.500. The predicted molar refractivity (Wildman–Crippen MR) is 63.4 cm³/mol. The van der Waals surface area contributed by atoms with Crippen molar-refractivity contribution in [3.05, 3.63) is 24.3 Å². The first-order chi connectivity index (χ1) is 9.03. The predicted octanol–water partition coefficient (Wildman–Crippen LogP) is 2.20. The molecule has 0 atom stereocenters. The lowest BCUT2D eigenvalue weighted by Crippen LogP contribution is -2.25. The summed E-state index contributed by atoms with van der Waals surface area (Å²) in [5.74, 6) is -0.278. The van der Waals surface area contributed by atoms with Gasteiger partial charge in [-0.2, -0.15) is 0 Å². The van der Waals surface area contributed by atoms with E-state index in [4.69, 9.17) is 9.47 Å². The Labute approximate surface area is 109 Å². The standard InChI is InChI=1S/C12H16F3NO3/c1-17-8-6-16-7-9-18-10-4-2-3-5-11(10)19-12(13,14)15/h2-5,16H,6-9H2,1H3. The molecule has 1 N–H and O–H groups in total. The van der Waals surface area contributed by atoms with Gasteiger partial charge in [0.25, 0.3) is 0 Å². The Morgan fingerprint density at radius 2 is 1.68 bits per heavy atom. The third-order valence-corrected chi connectivity index (χ3v) is 2.09. The Kier molecular flexibility index (Phi) is 6.44. The number of hydrogen-bond acceptors (Lipinski definition) is 4. The molecule has 7 heteroatoms. The maximum Gasteiger partial charge on any atom is 0.573 e. The molecule has 0 saturated carbocycles. The Bertz CT molecular complexity index is 371. The van der Waals surface area contributed by atoms with E-state index in [2.05, 4.69) is 10.1 Å². The van der Waals surface area contributed by atoms with E-state index in [1.165, 1.54) is 18.2 Å². The molecule has 0 fully saturated rings. The van der Waals surface area contributed by atoms with E-state index in [-0.39, 0.29) is 18.1 Å². The number of para-hydroxylation sites is 2. The van der Waals surface area contributed by atoms with Gasteiger partial charge in [-0.1, -0.05) is 12.1 Å². The van der Waals surface area contributed by atoms with E-state index >= 15 is 0 Å². The number of benzene rings is 1. The van der Waals surface area contributed by atoms with Crippen LogP contribution in [0.15, 0.2) is 24.3 Å². The van der Waals surface area contributed by atoms with Crippen molar-refractivity contribution in [1.82, 2.24) is 5.32 Å². The summed E-state index contributed by atoms with van der Waals surface area (Å²) in [5.41, 5.74) is 0. The highest BCUT2D eigenvalue weighted by Gasteiger charge is 2.32. The highest BCUT2D eigenvalue weighted by Crippen LogP contribution is 2.31. The molecule has 108 valence electrons. The van der Waals surface area contributed by atoms with Gasteiger partial charge in [0, 0.05) is 20.2 Å². The zero-order chi connectivity index (χ0) is 14.1. The molecule has 1 aromatic carbocycles. The van der Waals surface area contributed by atoms with Crippen LogP contribution in [-0.2, 0) is 4.74 Å². The number of ether oxygens (including phenoxy) is 3. The van der Waals surface area contributed by atoms with Crippen LogP contribution in [0.5, 0.6) is 11.5 Å². The second-order valence-corrected chi connectivity index (χ2v) is 3.59. The van der Waals surface area contributed by atoms with Crippen LogP contribution in [-0.4, -0.2) is 39.8 Å². The van der Waals surface area contributed by atoms with Gasteiger partial charge in [-0.3, -0.25) is 0 Å². The summed E-state index contributed by atoms with van der Waals surface area (Å²) in [7, 11) is 1.59. The fourth-order valence-electron chi connectivity index (χ4n) is 1.31. The third-order valence-electron chi connectivity index (χ3n) is 2.09. The first-order valence-electron chi connectivity index (χ1n) is 5.70. The molecule has 4 nitrogen and oxygen atoms in total. The fourth-order valence-corrected chi connectivity index (χ4v) is 1.31. The largest absolute Gasteiger partial charge is 0.573 e. The number of rotatable bonds is 8. The first kappa shape index (κ1) is 15.6. The molecule has 0 spiro atoms. The van der Waals surface area contributed by atoms with Gasteiger partial charge in [-0.05, 0) is 12.1 Å². The molecular formula is C12H16F3NO3. The lowest BCUT2D eigenvalue weighted by Gasteiger charge is -2.14. The van der Waals surface area contributed by atoms with Crippen LogP contribution >= 0.6 is 0 Å². The van der Waals surface area contributed by atoms with E-state index in [0.717, 1.165) is 0 Å². The average Bonchev–Trinajstić information content (AvgIpc) is 2.33. The molecule has 1 rings (SSSR count). The lowest BCUT2D eigenvalue weighted by molar-refractivity contribution is -0.275. The molecule has 0 heterocycles. The second-order valence-electron chi connectivity index (χ2n) is 3.59. The van der Waals surface area contributed by atoms with E-state index in [0.29, 0.717) is 19.7 Å². The smallest absolute Gasteiger partial charge is 0.488 e. The van der Waals surface area contributed by atoms with Crippen LogP contribution < -0.4 is 14.8 Å². The lowest BCUT2D eigenvalue weighted by atomic mass is 10.3. The van der Waals surface area contributed by atoms with Crippen molar-refractivity contribution in [2.75, 3.05) is 33.4 Å². The molecular weight excluding hydrogens is 263 g/mol. The second kappa shape index (κ2) is 7.85. The highest BCUT2D eigenvalue weighted by molar-refractivity contribution is 5.39. The summed E-state index contributed by atoms with van der Waals surface area (Å²) in [6.07, 6.45) is -4.73. The summed E-state index contributed by atoms with van der Waals surface area (Å²) in [6.45, 7) is 1.96. The normalized spacial score (nSPS) is 11.4. The zero-order valence-electron chi connectivity index (χ0n) is 10.5. The SMILES string of the molecule is COCCNCCOc1ccccc1OC(F)(F)F. The quantitative estimate of drug-likeness (QED) is 0.741. The van der Waals surface area contributed by atoms with Crippen LogP contribution in [0.3, 0.4) is 0 Å². The van der Waals surface area contributed by atoms with Gasteiger partial charge in [-0.25, -0.2) is 0 Å². The minimum absolute atomic E-state index is 0.0633. The van der Waals surface area contributed by atoms with Crippen molar-refractivity contribution >= 4 is 0 Å².